The standard InChI is InChI=1S/C14H14N4O2/c15-18-13-8-11(5-6-16-13)20-10-2-3-12-9(7-10)1-4-14(19)17-12/h2-3,5-8H,1,4,15H2,(H,16,18)(H,17,19). The van der Waals surface area contributed by atoms with Crippen molar-refractivity contribution in [3.05, 3.63) is 42.1 Å². The molecule has 6 heteroatoms. The molecular formula is C14H14N4O2. The fraction of sp³-hybridized carbons (Fsp3) is 0.143. The largest absolute Gasteiger partial charge is 0.457 e. The van der Waals surface area contributed by atoms with E-state index in [4.69, 9.17) is 10.6 Å². The lowest BCUT2D eigenvalue weighted by Gasteiger charge is -2.17. The number of carbonyl (C=O) groups is 1. The number of carbonyl (C=O) groups excluding carboxylic acids is 1. The van der Waals surface area contributed by atoms with Crippen molar-refractivity contribution < 1.29 is 9.53 Å². The molecule has 0 atom stereocenters. The van der Waals surface area contributed by atoms with Gasteiger partial charge in [-0.1, -0.05) is 0 Å². The maximum Gasteiger partial charge on any atom is 0.224 e. The maximum atomic E-state index is 11.3. The van der Waals surface area contributed by atoms with E-state index in [-0.39, 0.29) is 5.91 Å². The van der Waals surface area contributed by atoms with E-state index in [9.17, 15) is 4.79 Å². The van der Waals surface area contributed by atoms with Crippen molar-refractivity contribution >= 4 is 17.4 Å². The average Bonchev–Trinajstić information content (AvgIpc) is 2.47. The van der Waals surface area contributed by atoms with Gasteiger partial charge in [0.1, 0.15) is 17.3 Å². The van der Waals surface area contributed by atoms with Crippen molar-refractivity contribution in [2.45, 2.75) is 12.8 Å². The molecule has 0 spiro atoms. The summed E-state index contributed by atoms with van der Waals surface area (Å²) in [6.07, 6.45) is 2.85. The molecule has 0 saturated heterocycles. The number of hydrogen-bond acceptors (Lipinski definition) is 5. The van der Waals surface area contributed by atoms with Gasteiger partial charge < -0.3 is 15.5 Å². The average molecular weight is 270 g/mol. The SMILES string of the molecule is NNc1cc(Oc2ccc3c(c2)CCC(=O)N3)ccn1. The monoisotopic (exact) mass is 270 g/mol. The Morgan fingerprint density at radius 2 is 2.05 bits per heavy atom. The van der Waals surface area contributed by atoms with Gasteiger partial charge in [0, 0.05) is 24.4 Å². The van der Waals surface area contributed by atoms with Gasteiger partial charge in [0.25, 0.3) is 0 Å². The maximum absolute atomic E-state index is 11.3. The Morgan fingerprint density at radius 1 is 1.20 bits per heavy atom. The van der Waals surface area contributed by atoms with Gasteiger partial charge >= 0.3 is 0 Å². The first-order valence-electron chi connectivity index (χ1n) is 6.28. The van der Waals surface area contributed by atoms with Gasteiger partial charge in [-0.25, -0.2) is 10.8 Å². The molecule has 20 heavy (non-hydrogen) atoms. The van der Waals surface area contributed by atoms with Crippen LogP contribution in [0.2, 0.25) is 0 Å². The van der Waals surface area contributed by atoms with Crippen molar-refractivity contribution in [1.29, 1.82) is 0 Å². The number of benzene rings is 1. The van der Waals surface area contributed by atoms with Gasteiger partial charge in [0.2, 0.25) is 5.91 Å². The molecule has 0 aliphatic carbocycles. The minimum atomic E-state index is 0.0546. The molecule has 2 aromatic rings. The third-order valence-corrected chi connectivity index (χ3v) is 3.09. The number of nitrogens with two attached hydrogens (primary N) is 1. The van der Waals surface area contributed by atoms with Gasteiger partial charge in [-0.3, -0.25) is 4.79 Å². The first-order chi connectivity index (χ1) is 9.74. The number of pyridine rings is 1. The second-order valence-corrected chi connectivity index (χ2v) is 4.49. The molecule has 1 aromatic heterocycles. The molecule has 1 aliphatic heterocycles. The van der Waals surface area contributed by atoms with Crippen LogP contribution in [0.1, 0.15) is 12.0 Å². The fourth-order valence-corrected chi connectivity index (χ4v) is 2.11. The van der Waals surface area contributed by atoms with Crippen LogP contribution in [0.5, 0.6) is 11.5 Å². The Balaban J connectivity index is 1.82. The molecule has 2 heterocycles. The molecule has 1 aliphatic rings. The van der Waals surface area contributed by atoms with Crippen molar-refractivity contribution in [3.8, 4) is 11.5 Å². The lowest BCUT2D eigenvalue weighted by atomic mass is 10.0. The summed E-state index contributed by atoms with van der Waals surface area (Å²) in [6.45, 7) is 0. The number of aryl methyl sites for hydroxylation is 1. The van der Waals surface area contributed by atoms with E-state index in [0.717, 1.165) is 17.7 Å². The number of amides is 1. The van der Waals surface area contributed by atoms with Gasteiger partial charge in [-0.05, 0) is 36.2 Å². The van der Waals surface area contributed by atoms with Crippen LogP contribution < -0.4 is 21.3 Å². The second kappa shape index (κ2) is 5.18. The number of nitrogens with zero attached hydrogens (tertiary/aromatic N) is 1. The van der Waals surface area contributed by atoms with Crippen LogP contribution >= 0.6 is 0 Å². The molecule has 4 N–H and O–H groups in total. The van der Waals surface area contributed by atoms with E-state index in [1.165, 1.54) is 0 Å². The second-order valence-electron chi connectivity index (χ2n) is 4.49. The number of nitrogen functional groups attached to an aromatic ring is 1. The molecule has 0 bridgehead atoms. The van der Waals surface area contributed by atoms with E-state index in [1.807, 2.05) is 18.2 Å². The molecular weight excluding hydrogens is 256 g/mol. The van der Waals surface area contributed by atoms with Crippen molar-refractivity contribution in [2.24, 2.45) is 5.84 Å². The van der Waals surface area contributed by atoms with Crippen molar-refractivity contribution in [3.63, 3.8) is 0 Å². The van der Waals surface area contributed by atoms with Crippen LogP contribution in [0.15, 0.2) is 36.5 Å². The highest BCUT2D eigenvalue weighted by molar-refractivity contribution is 5.94. The summed E-state index contributed by atoms with van der Waals surface area (Å²) >= 11 is 0. The number of hydrogen-bond donors (Lipinski definition) is 3. The lowest BCUT2D eigenvalue weighted by molar-refractivity contribution is -0.116. The lowest BCUT2D eigenvalue weighted by Crippen LogP contribution is -2.18. The predicted octanol–water partition coefficient (Wildman–Crippen LogP) is 2.04. The summed E-state index contributed by atoms with van der Waals surface area (Å²) in [5, 5.41) is 2.84. The molecule has 1 aromatic carbocycles. The summed E-state index contributed by atoms with van der Waals surface area (Å²) in [6, 6.07) is 9.07. The summed E-state index contributed by atoms with van der Waals surface area (Å²) in [5.74, 6) is 7.26. The molecule has 6 nitrogen and oxygen atoms in total. The van der Waals surface area contributed by atoms with E-state index in [2.05, 4.69) is 15.7 Å². The smallest absolute Gasteiger partial charge is 0.224 e. The summed E-state index contributed by atoms with van der Waals surface area (Å²) in [4.78, 5) is 15.3. The van der Waals surface area contributed by atoms with E-state index >= 15 is 0 Å². The van der Waals surface area contributed by atoms with Gasteiger partial charge in [-0.15, -0.1) is 0 Å². The molecule has 102 valence electrons. The molecule has 3 rings (SSSR count). The van der Waals surface area contributed by atoms with Gasteiger partial charge in [0.05, 0.1) is 0 Å². The Bertz CT molecular complexity index is 657. The third-order valence-electron chi connectivity index (χ3n) is 3.09. The van der Waals surface area contributed by atoms with Gasteiger partial charge in [0.15, 0.2) is 0 Å². The van der Waals surface area contributed by atoms with Crippen molar-refractivity contribution in [2.75, 3.05) is 10.7 Å². The van der Waals surface area contributed by atoms with Gasteiger partial charge in [-0.2, -0.15) is 0 Å². The Kier molecular flexibility index (Phi) is 3.22. The number of nitrogens with one attached hydrogen (secondary N) is 2. The zero-order valence-electron chi connectivity index (χ0n) is 10.7. The van der Waals surface area contributed by atoms with Crippen LogP contribution in [0, 0.1) is 0 Å². The molecule has 0 fully saturated rings. The minimum Gasteiger partial charge on any atom is -0.457 e. The molecule has 1 amide bonds. The highest BCUT2D eigenvalue weighted by Gasteiger charge is 2.15. The highest BCUT2D eigenvalue weighted by Crippen LogP contribution is 2.29. The van der Waals surface area contributed by atoms with Crippen LogP contribution in [-0.4, -0.2) is 10.9 Å². The van der Waals surface area contributed by atoms with Crippen LogP contribution in [-0.2, 0) is 11.2 Å². The number of anilines is 2. The summed E-state index contributed by atoms with van der Waals surface area (Å²) in [5.41, 5.74) is 4.40. The first kappa shape index (κ1) is 12.4. The topological polar surface area (TPSA) is 89.3 Å². The Labute approximate surface area is 115 Å². The number of hydrazine groups is 1. The highest BCUT2D eigenvalue weighted by atomic mass is 16.5. The van der Waals surface area contributed by atoms with Crippen LogP contribution in [0.25, 0.3) is 0 Å². The zero-order valence-corrected chi connectivity index (χ0v) is 10.7. The third kappa shape index (κ3) is 2.55. The van der Waals surface area contributed by atoms with Crippen molar-refractivity contribution in [1.82, 2.24) is 4.98 Å². The zero-order chi connectivity index (χ0) is 13.9. The summed E-state index contributed by atoms with van der Waals surface area (Å²) in [7, 11) is 0. The molecule has 0 saturated carbocycles. The number of ether oxygens (including phenoxy) is 1. The Morgan fingerprint density at radius 3 is 2.90 bits per heavy atom. The van der Waals surface area contributed by atoms with E-state index in [1.54, 1.807) is 18.3 Å². The molecule has 0 radical (unpaired) electrons. The normalized spacial score (nSPS) is 13.3. The van der Waals surface area contributed by atoms with Crippen LogP contribution in [0.3, 0.4) is 0 Å². The van der Waals surface area contributed by atoms with E-state index < -0.39 is 0 Å². The predicted molar refractivity (Wildman–Crippen MR) is 75.5 cm³/mol. The minimum absolute atomic E-state index is 0.0546. The van der Waals surface area contributed by atoms with Crippen LogP contribution in [0.4, 0.5) is 11.5 Å². The fourth-order valence-electron chi connectivity index (χ4n) is 2.11. The Hall–Kier alpha value is -2.60. The quantitative estimate of drug-likeness (QED) is 0.586. The first-order valence-corrected chi connectivity index (χ1v) is 6.28. The summed E-state index contributed by atoms with van der Waals surface area (Å²) < 4.78 is 5.77. The number of rotatable bonds is 3. The number of fused-ring (bicyclic) bond motifs is 1. The van der Waals surface area contributed by atoms with E-state index in [0.29, 0.717) is 23.7 Å². The molecule has 0 unspecified atom stereocenters. The number of aromatic nitrogens is 1.